The molecule has 0 saturated carbocycles. The third kappa shape index (κ3) is 7.57. The molecule has 0 aliphatic heterocycles. The van der Waals surface area contributed by atoms with Gasteiger partial charge in [-0.25, -0.2) is 8.93 Å². The van der Waals surface area contributed by atoms with Gasteiger partial charge in [-0.15, -0.1) is 6.58 Å². The van der Waals surface area contributed by atoms with Crippen molar-refractivity contribution < 1.29 is 13.7 Å². The van der Waals surface area contributed by atoms with Crippen molar-refractivity contribution in [2.75, 3.05) is 0 Å². The Kier molecular flexibility index (Phi) is 7.16. The molecule has 0 bridgehead atoms. The molecule has 0 aromatic heterocycles. The normalized spacial score (nSPS) is 14.1. The summed E-state index contributed by atoms with van der Waals surface area (Å²) in [5, 5.41) is 0. The van der Waals surface area contributed by atoms with Gasteiger partial charge in [0.2, 0.25) is 0 Å². The van der Waals surface area contributed by atoms with E-state index in [-0.39, 0.29) is 16.8 Å². The molecule has 1 N–H and O–H groups in total. The van der Waals surface area contributed by atoms with E-state index in [2.05, 4.69) is 11.3 Å². The highest BCUT2D eigenvalue weighted by atomic mass is 32.2. The largest absolute Gasteiger partial charge is 0.427 e. The Morgan fingerprint density at radius 1 is 1.26 bits per heavy atom. The van der Waals surface area contributed by atoms with Crippen molar-refractivity contribution in [1.82, 2.24) is 4.72 Å². The van der Waals surface area contributed by atoms with E-state index in [1.165, 1.54) is 6.92 Å². The Morgan fingerprint density at radius 2 is 1.83 bits per heavy atom. The average molecular weight is 337 g/mol. The summed E-state index contributed by atoms with van der Waals surface area (Å²) in [5.74, 6) is 0.198. The first kappa shape index (κ1) is 19.6. The first-order chi connectivity index (χ1) is 10.6. The maximum absolute atomic E-state index is 12.3. The van der Waals surface area contributed by atoms with Crippen LogP contribution < -0.4 is 9.46 Å². The molecule has 128 valence electrons. The zero-order chi connectivity index (χ0) is 17.6. The molecular formula is C18H27NO3S. The van der Waals surface area contributed by atoms with Crippen LogP contribution in [-0.2, 0) is 22.2 Å². The summed E-state index contributed by atoms with van der Waals surface area (Å²) < 4.78 is 20.3. The minimum absolute atomic E-state index is 0.0483. The summed E-state index contributed by atoms with van der Waals surface area (Å²) >= 11 is 0. The van der Waals surface area contributed by atoms with Gasteiger partial charge in [0, 0.05) is 13.0 Å². The van der Waals surface area contributed by atoms with Crippen LogP contribution in [0.4, 0.5) is 0 Å². The molecule has 1 unspecified atom stereocenters. The van der Waals surface area contributed by atoms with E-state index in [0.29, 0.717) is 5.75 Å². The van der Waals surface area contributed by atoms with Crippen molar-refractivity contribution in [3.8, 4) is 5.75 Å². The van der Waals surface area contributed by atoms with Gasteiger partial charge in [0.25, 0.3) is 0 Å². The zero-order valence-electron chi connectivity index (χ0n) is 14.6. The van der Waals surface area contributed by atoms with Gasteiger partial charge < -0.3 is 4.74 Å². The SMILES string of the molecule is C=C(C)C[C@@H](Cc1ccc(OC(C)=O)cc1)NS(=O)C(C)(C)C. The van der Waals surface area contributed by atoms with Gasteiger partial charge in [0.15, 0.2) is 0 Å². The number of ether oxygens (including phenoxy) is 1. The number of carbonyl (C=O) groups is 1. The van der Waals surface area contributed by atoms with E-state index in [9.17, 15) is 9.00 Å². The van der Waals surface area contributed by atoms with Crippen LogP contribution in [-0.4, -0.2) is 21.0 Å². The molecule has 1 aromatic rings. The van der Waals surface area contributed by atoms with Crippen molar-refractivity contribution >= 4 is 17.0 Å². The first-order valence-corrected chi connectivity index (χ1v) is 8.82. The fraction of sp³-hybridized carbons (Fsp3) is 0.500. The predicted molar refractivity (Wildman–Crippen MR) is 95.7 cm³/mol. The lowest BCUT2D eigenvalue weighted by atomic mass is 10.0. The molecule has 2 atom stereocenters. The molecule has 0 heterocycles. The van der Waals surface area contributed by atoms with Crippen LogP contribution in [0.2, 0.25) is 0 Å². The maximum Gasteiger partial charge on any atom is 0.308 e. The van der Waals surface area contributed by atoms with E-state index in [1.807, 2.05) is 39.8 Å². The third-order valence-corrected chi connectivity index (χ3v) is 4.75. The van der Waals surface area contributed by atoms with Crippen LogP contribution in [0.3, 0.4) is 0 Å². The van der Waals surface area contributed by atoms with Gasteiger partial charge in [-0.05, 0) is 58.2 Å². The Morgan fingerprint density at radius 3 is 2.26 bits per heavy atom. The minimum atomic E-state index is -1.13. The van der Waals surface area contributed by atoms with Crippen molar-refractivity contribution in [3.63, 3.8) is 0 Å². The van der Waals surface area contributed by atoms with Crippen LogP contribution in [0, 0.1) is 0 Å². The molecule has 1 rings (SSSR count). The Bertz CT molecular complexity index is 573. The molecule has 0 amide bonds. The highest BCUT2D eigenvalue weighted by Crippen LogP contribution is 2.17. The van der Waals surface area contributed by atoms with Gasteiger partial charge >= 0.3 is 5.97 Å². The summed E-state index contributed by atoms with van der Waals surface area (Å²) in [7, 11) is -1.13. The molecule has 0 fully saturated rings. The quantitative estimate of drug-likeness (QED) is 0.470. The van der Waals surface area contributed by atoms with E-state index in [1.54, 1.807) is 12.1 Å². The lowest BCUT2D eigenvalue weighted by Gasteiger charge is -2.24. The number of hydrogen-bond donors (Lipinski definition) is 1. The second-order valence-electron chi connectivity index (χ2n) is 6.80. The van der Waals surface area contributed by atoms with Crippen LogP contribution in [0.1, 0.15) is 46.6 Å². The van der Waals surface area contributed by atoms with Crippen LogP contribution in [0.25, 0.3) is 0 Å². The second-order valence-corrected chi connectivity index (χ2v) is 8.80. The maximum atomic E-state index is 12.3. The number of carbonyl (C=O) groups excluding carboxylic acids is 1. The molecule has 4 nitrogen and oxygen atoms in total. The van der Waals surface area contributed by atoms with E-state index in [4.69, 9.17) is 4.74 Å². The molecular weight excluding hydrogens is 310 g/mol. The summed E-state index contributed by atoms with van der Waals surface area (Å²) in [6.07, 6.45) is 1.49. The first-order valence-electron chi connectivity index (χ1n) is 7.67. The Balaban J connectivity index is 2.78. The molecule has 0 spiro atoms. The monoisotopic (exact) mass is 337 g/mol. The van der Waals surface area contributed by atoms with Gasteiger partial charge in [0.1, 0.15) is 5.75 Å². The molecule has 0 aliphatic rings. The van der Waals surface area contributed by atoms with Gasteiger partial charge in [-0.3, -0.25) is 4.79 Å². The lowest BCUT2D eigenvalue weighted by molar-refractivity contribution is -0.131. The molecule has 0 saturated heterocycles. The van der Waals surface area contributed by atoms with Crippen molar-refractivity contribution in [2.45, 2.75) is 58.2 Å². The molecule has 0 aliphatic carbocycles. The fourth-order valence-corrected chi connectivity index (χ4v) is 2.87. The number of benzene rings is 1. The van der Waals surface area contributed by atoms with E-state index >= 15 is 0 Å². The predicted octanol–water partition coefficient (Wildman–Crippen LogP) is 3.54. The summed E-state index contributed by atoms with van der Waals surface area (Å²) in [5.41, 5.74) is 2.13. The van der Waals surface area contributed by atoms with Gasteiger partial charge in [-0.1, -0.05) is 17.7 Å². The molecule has 23 heavy (non-hydrogen) atoms. The lowest BCUT2D eigenvalue weighted by Crippen LogP contribution is -2.41. The van der Waals surface area contributed by atoms with Crippen molar-refractivity contribution in [2.24, 2.45) is 0 Å². The molecule has 5 heteroatoms. The number of hydrogen-bond acceptors (Lipinski definition) is 3. The van der Waals surface area contributed by atoms with Crippen molar-refractivity contribution in [3.05, 3.63) is 42.0 Å². The highest BCUT2D eigenvalue weighted by Gasteiger charge is 2.23. The topological polar surface area (TPSA) is 55.4 Å². The van der Waals surface area contributed by atoms with Gasteiger partial charge in [0.05, 0.1) is 15.7 Å². The number of rotatable bonds is 7. The standard InChI is InChI=1S/C18H27NO3S/c1-13(2)11-16(19-23(21)18(4,5)6)12-15-7-9-17(10-8-15)22-14(3)20/h7-10,16,19H,1,11-12H2,2-6H3/t16-,23?/m0/s1. The molecule has 0 radical (unpaired) electrons. The Hall–Kier alpha value is -1.46. The Labute approximate surface area is 141 Å². The number of esters is 1. The summed E-state index contributed by atoms with van der Waals surface area (Å²) in [4.78, 5) is 10.9. The van der Waals surface area contributed by atoms with Gasteiger partial charge in [-0.2, -0.15) is 0 Å². The zero-order valence-corrected chi connectivity index (χ0v) is 15.5. The van der Waals surface area contributed by atoms with Crippen LogP contribution >= 0.6 is 0 Å². The average Bonchev–Trinajstić information content (AvgIpc) is 2.38. The second kappa shape index (κ2) is 8.41. The third-order valence-electron chi connectivity index (χ3n) is 3.09. The minimum Gasteiger partial charge on any atom is -0.427 e. The summed E-state index contributed by atoms with van der Waals surface area (Å²) in [6.45, 7) is 13.1. The smallest absolute Gasteiger partial charge is 0.308 e. The van der Waals surface area contributed by atoms with E-state index < -0.39 is 11.0 Å². The number of nitrogens with one attached hydrogen (secondary N) is 1. The van der Waals surface area contributed by atoms with Crippen LogP contribution in [0.5, 0.6) is 5.75 Å². The fourth-order valence-electron chi connectivity index (χ4n) is 2.05. The van der Waals surface area contributed by atoms with Crippen molar-refractivity contribution in [1.29, 1.82) is 0 Å². The highest BCUT2D eigenvalue weighted by molar-refractivity contribution is 7.84. The van der Waals surface area contributed by atoms with E-state index in [0.717, 1.165) is 24.0 Å². The molecule has 1 aromatic carbocycles. The summed E-state index contributed by atoms with van der Waals surface area (Å²) in [6, 6.07) is 7.44. The van der Waals surface area contributed by atoms with Crippen LogP contribution in [0.15, 0.2) is 36.4 Å².